The quantitative estimate of drug-likeness (QED) is 0.824. The maximum Gasteiger partial charge on any atom is 0.228 e. The number of fused-ring (bicyclic) bond motifs is 1. The van der Waals surface area contributed by atoms with Crippen molar-refractivity contribution in [1.82, 2.24) is 0 Å². The SMILES string of the molecule is Nc1ccc(Br)c(NC(=O)C2C3CCCC32)c1. The van der Waals surface area contributed by atoms with Crippen LogP contribution in [0, 0.1) is 17.8 Å². The number of hydrogen-bond donors (Lipinski definition) is 2. The van der Waals surface area contributed by atoms with Crippen molar-refractivity contribution in [3.8, 4) is 0 Å². The van der Waals surface area contributed by atoms with Gasteiger partial charge in [-0.25, -0.2) is 0 Å². The molecule has 0 saturated heterocycles. The van der Waals surface area contributed by atoms with Crippen LogP contribution in [0.3, 0.4) is 0 Å². The van der Waals surface area contributed by atoms with Crippen LogP contribution in [0.1, 0.15) is 19.3 Å². The average Bonchev–Trinajstić information content (AvgIpc) is 2.78. The molecule has 17 heavy (non-hydrogen) atoms. The first-order valence-electron chi connectivity index (χ1n) is 6.02. The van der Waals surface area contributed by atoms with E-state index < -0.39 is 0 Å². The van der Waals surface area contributed by atoms with Crippen molar-refractivity contribution in [3.05, 3.63) is 22.7 Å². The van der Waals surface area contributed by atoms with Gasteiger partial charge >= 0.3 is 0 Å². The first-order valence-corrected chi connectivity index (χ1v) is 6.82. The van der Waals surface area contributed by atoms with Crippen molar-refractivity contribution >= 4 is 33.2 Å². The van der Waals surface area contributed by atoms with E-state index in [-0.39, 0.29) is 11.8 Å². The molecule has 3 nitrogen and oxygen atoms in total. The van der Waals surface area contributed by atoms with Crippen molar-refractivity contribution in [2.45, 2.75) is 19.3 Å². The van der Waals surface area contributed by atoms with Gasteiger partial charge in [-0.3, -0.25) is 4.79 Å². The number of carbonyl (C=O) groups is 1. The van der Waals surface area contributed by atoms with Gasteiger partial charge in [0.2, 0.25) is 5.91 Å². The number of nitrogens with two attached hydrogens (primary N) is 1. The van der Waals surface area contributed by atoms with Crippen LogP contribution in [0.15, 0.2) is 22.7 Å². The highest BCUT2D eigenvalue weighted by atomic mass is 79.9. The largest absolute Gasteiger partial charge is 0.399 e. The van der Waals surface area contributed by atoms with Gasteiger partial charge in [0.05, 0.1) is 5.69 Å². The number of rotatable bonds is 2. The Labute approximate surface area is 109 Å². The molecule has 0 spiro atoms. The lowest BCUT2D eigenvalue weighted by Crippen LogP contribution is -2.17. The summed E-state index contributed by atoms with van der Waals surface area (Å²) in [5.74, 6) is 1.70. The zero-order chi connectivity index (χ0) is 12.0. The fourth-order valence-corrected chi connectivity index (χ4v) is 3.41. The second kappa shape index (κ2) is 4.02. The van der Waals surface area contributed by atoms with Gasteiger partial charge in [0.15, 0.2) is 0 Å². The van der Waals surface area contributed by atoms with Gasteiger partial charge in [-0.2, -0.15) is 0 Å². The Balaban J connectivity index is 1.71. The zero-order valence-electron chi connectivity index (χ0n) is 9.45. The van der Waals surface area contributed by atoms with Gasteiger partial charge in [0.1, 0.15) is 0 Å². The predicted octanol–water partition coefficient (Wildman–Crippen LogP) is 3.02. The number of anilines is 2. The van der Waals surface area contributed by atoms with Crippen molar-refractivity contribution in [2.24, 2.45) is 17.8 Å². The minimum absolute atomic E-state index is 0.158. The van der Waals surface area contributed by atoms with Crippen molar-refractivity contribution < 1.29 is 4.79 Å². The van der Waals surface area contributed by atoms with Gasteiger partial charge in [0.25, 0.3) is 0 Å². The Kier molecular flexibility index (Phi) is 2.62. The van der Waals surface area contributed by atoms with Crippen LogP contribution in [0.5, 0.6) is 0 Å². The number of nitrogen functional groups attached to an aromatic ring is 1. The zero-order valence-corrected chi connectivity index (χ0v) is 11.0. The number of carbonyl (C=O) groups excluding carboxylic acids is 1. The summed E-state index contributed by atoms with van der Waals surface area (Å²) >= 11 is 3.42. The molecule has 0 bridgehead atoms. The third kappa shape index (κ3) is 1.95. The van der Waals surface area contributed by atoms with E-state index in [4.69, 9.17) is 5.73 Å². The second-order valence-corrected chi connectivity index (χ2v) is 5.87. The number of halogens is 1. The highest BCUT2D eigenvalue weighted by Crippen LogP contribution is 2.57. The third-order valence-electron chi connectivity index (χ3n) is 3.96. The smallest absolute Gasteiger partial charge is 0.228 e. The van der Waals surface area contributed by atoms with Crippen LogP contribution in [-0.4, -0.2) is 5.91 Å². The predicted molar refractivity (Wildman–Crippen MR) is 71.5 cm³/mol. The number of nitrogens with one attached hydrogen (secondary N) is 1. The first kappa shape index (κ1) is 11.1. The fourth-order valence-electron chi connectivity index (χ4n) is 3.07. The van der Waals surface area contributed by atoms with Gasteiger partial charge in [-0.15, -0.1) is 0 Å². The van der Waals surface area contributed by atoms with Gasteiger partial charge < -0.3 is 11.1 Å². The summed E-state index contributed by atoms with van der Waals surface area (Å²) in [6.45, 7) is 0. The van der Waals surface area contributed by atoms with Gasteiger partial charge in [-0.1, -0.05) is 6.42 Å². The maximum absolute atomic E-state index is 12.1. The topological polar surface area (TPSA) is 55.1 Å². The Morgan fingerprint density at radius 2 is 2.06 bits per heavy atom. The second-order valence-electron chi connectivity index (χ2n) is 5.01. The standard InChI is InChI=1S/C13H15BrN2O/c14-10-5-4-7(15)6-11(10)16-13(17)12-8-2-1-3-9(8)12/h4-6,8-9,12H,1-3,15H2,(H,16,17). The molecule has 2 unspecified atom stereocenters. The van der Waals surface area contributed by atoms with E-state index >= 15 is 0 Å². The molecule has 1 aromatic carbocycles. The summed E-state index contributed by atoms with van der Waals surface area (Å²) in [5, 5.41) is 2.98. The Morgan fingerprint density at radius 1 is 1.35 bits per heavy atom. The number of amides is 1. The molecule has 0 aliphatic heterocycles. The number of hydrogen-bond acceptors (Lipinski definition) is 2. The average molecular weight is 295 g/mol. The van der Waals surface area contributed by atoms with Crippen molar-refractivity contribution in [1.29, 1.82) is 0 Å². The summed E-state index contributed by atoms with van der Waals surface area (Å²) in [6, 6.07) is 5.46. The molecule has 3 rings (SSSR count). The first-order chi connectivity index (χ1) is 8.16. The minimum Gasteiger partial charge on any atom is -0.399 e. The molecular formula is C13H15BrN2O. The van der Waals surface area contributed by atoms with E-state index in [2.05, 4.69) is 21.2 Å². The summed E-state index contributed by atoms with van der Waals surface area (Å²) < 4.78 is 0.880. The molecule has 2 atom stereocenters. The lowest BCUT2D eigenvalue weighted by molar-refractivity contribution is -0.118. The molecule has 90 valence electrons. The fraction of sp³-hybridized carbons (Fsp3) is 0.462. The van der Waals surface area contributed by atoms with Crippen LogP contribution in [0.4, 0.5) is 11.4 Å². The van der Waals surface area contributed by atoms with E-state index in [0.717, 1.165) is 10.2 Å². The van der Waals surface area contributed by atoms with Crippen molar-refractivity contribution in [3.63, 3.8) is 0 Å². The monoisotopic (exact) mass is 294 g/mol. The van der Waals surface area contributed by atoms with Crippen LogP contribution < -0.4 is 11.1 Å². The molecular weight excluding hydrogens is 280 g/mol. The summed E-state index contributed by atoms with van der Waals surface area (Å²) in [7, 11) is 0. The molecule has 2 fully saturated rings. The van der Waals surface area contributed by atoms with Crippen LogP contribution in [0.2, 0.25) is 0 Å². The lowest BCUT2D eigenvalue weighted by atomic mass is 10.1. The van der Waals surface area contributed by atoms with Gasteiger partial charge in [-0.05, 0) is 58.8 Å². The summed E-state index contributed by atoms with van der Waals surface area (Å²) in [5.41, 5.74) is 7.16. The molecule has 0 aromatic heterocycles. The van der Waals surface area contributed by atoms with Crippen LogP contribution >= 0.6 is 15.9 Å². The lowest BCUT2D eigenvalue weighted by Gasteiger charge is -2.09. The van der Waals surface area contributed by atoms with E-state index in [9.17, 15) is 4.79 Å². The third-order valence-corrected chi connectivity index (χ3v) is 4.65. The Morgan fingerprint density at radius 3 is 2.76 bits per heavy atom. The highest BCUT2D eigenvalue weighted by molar-refractivity contribution is 9.10. The summed E-state index contributed by atoms with van der Waals surface area (Å²) in [6.07, 6.45) is 3.74. The molecule has 3 N–H and O–H groups in total. The molecule has 1 amide bonds. The summed E-state index contributed by atoms with van der Waals surface area (Å²) in [4.78, 5) is 12.1. The molecule has 2 aliphatic rings. The van der Waals surface area contributed by atoms with Crippen LogP contribution in [-0.2, 0) is 4.79 Å². The van der Waals surface area contributed by atoms with E-state index in [1.807, 2.05) is 12.1 Å². The van der Waals surface area contributed by atoms with E-state index in [0.29, 0.717) is 17.5 Å². The molecule has 0 radical (unpaired) electrons. The van der Waals surface area contributed by atoms with E-state index in [1.54, 1.807) is 6.07 Å². The Bertz CT molecular complexity index is 464. The highest BCUT2D eigenvalue weighted by Gasteiger charge is 2.56. The van der Waals surface area contributed by atoms with Crippen LogP contribution in [0.25, 0.3) is 0 Å². The van der Waals surface area contributed by atoms with Gasteiger partial charge in [0, 0.05) is 16.1 Å². The van der Waals surface area contributed by atoms with E-state index in [1.165, 1.54) is 19.3 Å². The van der Waals surface area contributed by atoms with Crippen molar-refractivity contribution in [2.75, 3.05) is 11.1 Å². The molecule has 0 heterocycles. The molecule has 2 saturated carbocycles. The minimum atomic E-state index is 0.158. The number of benzene rings is 1. The molecule has 1 aromatic rings. The molecule has 2 aliphatic carbocycles. The normalized spacial score (nSPS) is 29.8. The Hall–Kier alpha value is -1.03. The molecule has 4 heteroatoms. The maximum atomic E-state index is 12.1.